The van der Waals surface area contributed by atoms with Gasteiger partial charge in [0, 0.05) is 0 Å². The second kappa shape index (κ2) is 10.6. The first-order chi connectivity index (χ1) is 9.86. The van der Waals surface area contributed by atoms with Crippen molar-refractivity contribution in [2.75, 3.05) is 0 Å². The molecule has 5 nitrogen and oxygen atoms in total. The Labute approximate surface area is 158 Å². The summed E-state index contributed by atoms with van der Waals surface area (Å²) < 4.78 is 36.4. The fourth-order valence-corrected chi connectivity index (χ4v) is 2.60. The molecule has 0 aliphatic rings. The molecule has 1 N–H and O–H groups in total. The summed E-state index contributed by atoms with van der Waals surface area (Å²) in [6.45, 7) is 2.08. The number of unbranched alkanes of at least 4 members (excludes halogenated alkanes) is 3. The third-order valence-corrected chi connectivity index (χ3v) is 4.19. The molecule has 0 fully saturated rings. The molecule has 1 aromatic rings. The quantitative estimate of drug-likeness (QED) is 0.193. The molecule has 22 heavy (non-hydrogen) atoms. The number of halogens is 1. The van der Waals surface area contributed by atoms with E-state index in [0.29, 0.717) is 6.42 Å². The van der Waals surface area contributed by atoms with Crippen molar-refractivity contribution < 1.29 is 22.5 Å². The van der Waals surface area contributed by atoms with Crippen LogP contribution in [0.5, 0.6) is 5.75 Å². The van der Waals surface area contributed by atoms with Crippen molar-refractivity contribution in [1.82, 2.24) is 0 Å². The minimum absolute atomic E-state index is 0. The van der Waals surface area contributed by atoms with Gasteiger partial charge in [-0.15, -0.1) is 11.6 Å². The number of hydrogen-bond acceptors (Lipinski definition) is 4. The van der Waals surface area contributed by atoms with Gasteiger partial charge in [0.15, 0.2) is 5.75 Å². The zero-order chi connectivity index (χ0) is 15.9. The number of rotatable bonds is 8. The van der Waals surface area contributed by atoms with Gasteiger partial charge in [0.1, 0.15) is 10.3 Å². The van der Waals surface area contributed by atoms with Crippen LogP contribution in [0.1, 0.15) is 39.0 Å². The predicted molar refractivity (Wildman–Crippen MR) is 87.4 cm³/mol. The molecule has 1 aromatic carbocycles. The van der Waals surface area contributed by atoms with Crippen molar-refractivity contribution >= 4 is 57.2 Å². The van der Waals surface area contributed by atoms with Gasteiger partial charge in [-0.25, -0.2) is 0 Å². The first-order valence-corrected chi connectivity index (χ1v) is 8.66. The summed E-state index contributed by atoms with van der Waals surface area (Å²) in [4.78, 5) is 11.4. The molecular formula is C14H20ClNaO5S. The van der Waals surface area contributed by atoms with E-state index in [1.807, 2.05) is 0 Å². The van der Waals surface area contributed by atoms with E-state index >= 15 is 0 Å². The molecule has 0 bridgehead atoms. The monoisotopic (exact) mass is 358 g/mol. The fourth-order valence-electron chi connectivity index (χ4n) is 1.79. The summed E-state index contributed by atoms with van der Waals surface area (Å²) in [7, 11) is -4.45. The van der Waals surface area contributed by atoms with Gasteiger partial charge in [0.25, 0.3) is 10.1 Å². The van der Waals surface area contributed by atoms with Gasteiger partial charge in [-0.3, -0.25) is 9.35 Å². The van der Waals surface area contributed by atoms with Crippen molar-refractivity contribution in [2.24, 2.45) is 0 Å². The summed E-state index contributed by atoms with van der Waals surface area (Å²) in [5.74, 6) is -0.937. The SMILES string of the molecule is CCCCCCC(Cl)C(=O)Oc1ccccc1S(=O)(=O)O.[NaH]. The van der Waals surface area contributed by atoms with Crippen LogP contribution in [0, 0.1) is 0 Å². The van der Waals surface area contributed by atoms with Crippen LogP contribution in [-0.2, 0) is 14.9 Å². The number of benzene rings is 1. The van der Waals surface area contributed by atoms with Gasteiger partial charge in [-0.05, 0) is 18.6 Å². The van der Waals surface area contributed by atoms with Crippen molar-refractivity contribution in [3.8, 4) is 5.75 Å². The first-order valence-electron chi connectivity index (χ1n) is 6.78. The molecule has 1 unspecified atom stereocenters. The molecule has 0 aromatic heterocycles. The Morgan fingerprint density at radius 1 is 1.27 bits per heavy atom. The van der Waals surface area contributed by atoms with Gasteiger partial charge in [0.2, 0.25) is 0 Å². The summed E-state index contributed by atoms with van der Waals surface area (Å²) in [6.07, 6.45) is 4.41. The predicted octanol–water partition coefficient (Wildman–Crippen LogP) is 2.77. The van der Waals surface area contributed by atoms with E-state index in [1.165, 1.54) is 18.2 Å². The Hall–Kier alpha value is -0.110. The Morgan fingerprint density at radius 3 is 2.50 bits per heavy atom. The van der Waals surface area contributed by atoms with Crippen LogP contribution in [0.25, 0.3) is 0 Å². The summed E-state index contributed by atoms with van der Waals surface area (Å²) in [5.41, 5.74) is 0. The molecule has 8 heteroatoms. The number of hydrogen-bond donors (Lipinski definition) is 1. The Balaban J connectivity index is 0.00000441. The van der Waals surface area contributed by atoms with Crippen LogP contribution >= 0.6 is 11.6 Å². The summed E-state index contributed by atoms with van der Waals surface area (Å²) in [5, 5.41) is -0.837. The molecule has 0 aliphatic heterocycles. The van der Waals surface area contributed by atoms with Gasteiger partial charge >= 0.3 is 35.5 Å². The molecule has 0 amide bonds. The third-order valence-electron chi connectivity index (χ3n) is 2.90. The second-order valence-corrected chi connectivity index (χ2v) is 6.58. The fraction of sp³-hybridized carbons (Fsp3) is 0.500. The van der Waals surface area contributed by atoms with E-state index in [0.717, 1.165) is 31.7 Å². The Bertz CT molecular complexity index is 576. The number of carbonyl (C=O) groups is 1. The van der Waals surface area contributed by atoms with Gasteiger partial charge in [-0.2, -0.15) is 8.42 Å². The van der Waals surface area contributed by atoms with Gasteiger partial charge in [0.05, 0.1) is 0 Å². The standard InChI is InChI=1S/C14H19ClO5S.Na.H/c1-2-3-4-5-8-11(15)14(16)20-12-9-6-7-10-13(12)21(17,18)19;;/h6-7,9-11H,2-5,8H2,1H3,(H,17,18,19);;. The molecule has 0 saturated carbocycles. The average Bonchev–Trinajstić information content (AvgIpc) is 2.42. The van der Waals surface area contributed by atoms with E-state index in [1.54, 1.807) is 0 Å². The van der Waals surface area contributed by atoms with Crippen molar-refractivity contribution in [1.29, 1.82) is 0 Å². The molecular weight excluding hydrogens is 339 g/mol. The van der Waals surface area contributed by atoms with Crippen molar-refractivity contribution in [2.45, 2.75) is 49.3 Å². The first kappa shape index (κ1) is 21.9. The van der Waals surface area contributed by atoms with Crippen molar-refractivity contribution in [3.63, 3.8) is 0 Å². The van der Waals surface area contributed by atoms with E-state index in [2.05, 4.69) is 6.92 Å². The van der Waals surface area contributed by atoms with E-state index in [9.17, 15) is 13.2 Å². The van der Waals surface area contributed by atoms with Crippen molar-refractivity contribution in [3.05, 3.63) is 24.3 Å². The van der Waals surface area contributed by atoms with Crippen LogP contribution in [-0.4, -0.2) is 53.9 Å². The van der Waals surface area contributed by atoms with E-state index in [4.69, 9.17) is 20.9 Å². The van der Waals surface area contributed by atoms with Gasteiger partial charge < -0.3 is 4.74 Å². The molecule has 1 atom stereocenters. The van der Waals surface area contributed by atoms with E-state index in [-0.39, 0.29) is 35.3 Å². The average molecular weight is 359 g/mol. The van der Waals surface area contributed by atoms with Crippen LogP contribution in [0.2, 0.25) is 0 Å². The zero-order valence-electron chi connectivity index (χ0n) is 11.8. The molecule has 0 heterocycles. The Kier molecular flexibility index (Phi) is 10.6. The zero-order valence-corrected chi connectivity index (χ0v) is 13.4. The van der Waals surface area contributed by atoms with Crippen LogP contribution < -0.4 is 4.74 Å². The van der Waals surface area contributed by atoms with Crippen LogP contribution in [0.15, 0.2) is 29.2 Å². The van der Waals surface area contributed by atoms with Gasteiger partial charge in [-0.1, -0.05) is 44.7 Å². The number of carbonyl (C=O) groups excluding carboxylic acids is 1. The van der Waals surface area contributed by atoms with E-state index < -0.39 is 26.4 Å². The normalized spacial score (nSPS) is 12.3. The maximum atomic E-state index is 11.8. The Morgan fingerprint density at radius 2 is 1.91 bits per heavy atom. The third kappa shape index (κ3) is 7.44. The number of ether oxygens (including phenoxy) is 1. The minimum atomic E-state index is -4.45. The number of esters is 1. The molecule has 1 rings (SSSR count). The number of para-hydroxylation sites is 1. The van der Waals surface area contributed by atoms with Crippen LogP contribution in [0.4, 0.5) is 0 Å². The molecule has 0 aliphatic carbocycles. The molecule has 0 spiro atoms. The number of alkyl halides is 1. The molecule has 0 radical (unpaired) electrons. The maximum absolute atomic E-state index is 11.8. The second-order valence-electron chi connectivity index (χ2n) is 4.66. The summed E-state index contributed by atoms with van der Waals surface area (Å²) in [6, 6.07) is 5.37. The summed E-state index contributed by atoms with van der Waals surface area (Å²) >= 11 is 5.94. The van der Waals surface area contributed by atoms with Crippen LogP contribution in [0.3, 0.4) is 0 Å². The molecule has 120 valence electrons. The molecule has 0 saturated heterocycles. The topological polar surface area (TPSA) is 80.7 Å².